The molecule has 6 heteroatoms. The van der Waals surface area contributed by atoms with Crippen LogP contribution in [0.2, 0.25) is 0 Å². The number of hydrogen-bond donors (Lipinski definition) is 0. The molecule has 0 aliphatic heterocycles. The van der Waals surface area contributed by atoms with Crippen molar-refractivity contribution < 1.29 is 27.8 Å². The lowest BCUT2D eigenvalue weighted by Gasteiger charge is -2.11. The van der Waals surface area contributed by atoms with E-state index >= 15 is 0 Å². The fraction of sp³-hybridized carbons (Fsp3) is 0.167. The van der Waals surface area contributed by atoms with Crippen molar-refractivity contribution >= 4 is 12.0 Å². The number of esters is 1. The van der Waals surface area contributed by atoms with Gasteiger partial charge in [-0.25, -0.2) is 13.6 Å². The fourth-order valence-electron chi connectivity index (χ4n) is 1.93. The van der Waals surface area contributed by atoms with Crippen molar-refractivity contribution in [3.8, 4) is 11.5 Å². The predicted octanol–water partition coefficient (Wildman–Crippen LogP) is 3.74. The highest BCUT2D eigenvalue weighted by atomic mass is 19.2. The zero-order chi connectivity index (χ0) is 17.5. The highest BCUT2D eigenvalue weighted by Crippen LogP contribution is 2.29. The lowest BCUT2D eigenvalue weighted by molar-refractivity contribution is -0.134. The van der Waals surface area contributed by atoms with Gasteiger partial charge in [0.2, 0.25) is 0 Å². The van der Waals surface area contributed by atoms with Crippen LogP contribution in [0, 0.1) is 11.6 Å². The largest absolute Gasteiger partial charge is 0.493 e. The van der Waals surface area contributed by atoms with Crippen molar-refractivity contribution in [1.29, 1.82) is 0 Å². The Morgan fingerprint density at radius 3 is 2.50 bits per heavy atom. The molecule has 0 saturated carbocycles. The molecule has 126 valence electrons. The van der Waals surface area contributed by atoms with Crippen LogP contribution in [0.15, 0.2) is 42.5 Å². The summed E-state index contributed by atoms with van der Waals surface area (Å²) in [4.78, 5) is 11.1. The summed E-state index contributed by atoms with van der Waals surface area (Å²) in [7, 11) is 2.77. The Hall–Kier alpha value is -2.89. The normalized spacial score (nSPS) is 10.7. The van der Waals surface area contributed by atoms with Gasteiger partial charge >= 0.3 is 5.97 Å². The van der Waals surface area contributed by atoms with E-state index in [-0.39, 0.29) is 6.61 Å². The third-order valence-electron chi connectivity index (χ3n) is 3.18. The molecule has 0 atom stereocenters. The van der Waals surface area contributed by atoms with E-state index in [2.05, 4.69) is 4.74 Å². The summed E-state index contributed by atoms with van der Waals surface area (Å²) in [6, 6.07) is 8.64. The van der Waals surface area contributed by atoms with E-state index in [0.29, 0.717) is 17.1 Å². The van der Waals surface area contributed by atoms with Crippen LogP contribution in [0.1, 0.15) is 11.1 Å². The van der Waals surface area contributed by atoms with Gasteiger partial charge < -0.3 is 14.2 Å². The van der Waals surface area contributed by atoms with Gasteiger partial charge in [-0.1, -0.05) is 12.1 Å². The van der Waals surface area contributed by atoms with Crippen LogP contribution in [0.4, 0.5) is 8.78 Å². The van der Waals surface area contributed by atoms with Crippen molar-refractivity contribution in [3.05, 3.63) is 65.2 Å². The van der Waals surface area contributed by atoms with E-state index < -0.39 is 17.6 Å². The standard InChI is InChI=1S/C18H16F2O4/c1-22-17-10-12(5-8-18(21)23-2)4-7-16(17)24-11-13-3-6-14(19)15(20)9-13/h3-10H,11H2,1-2H3/b8-5+. The molecule has 2 aromatic carbocycles. The molecule has 0 bridgehead atoms. The maximum absolute atomic E-state index is 13.2. The maximum Gasteiger partial charge on any atom is 0.330 e. The van der Waals surface area contributed by atoms with Crippen LogP contribution in [-0.4, -0.2) is 20.2 Å². The van der Waals surface area contributed by atoms with Gasteiger partial charge in [0.25, 0.3) is 0 Å². The van der Waals surface area contributed by atoms with Crippen molar-refractivity contribution in [3.63, 3.8) is 0 Å². The zero-order valence-electron chi connectivity index (χ0n) is 13.2. The van der Waals surface area contributed by atoms with Gasteiger partial charge in [-0.05, 0) is 41.5 Å². The second kappa shape index (κ2) is 8.10. The lowest BCUT2D eigenvalue weighted by atomic mass is 10.2. The molecular weight excluding hydrogens is 318 g/mol. The Bertz CT molecular complexity index is 757. The Balaban J connectivity index is 2.11. The van der Waals surface area contributed by atoms with Gasteiger partial charge in [0, 0.05) is 6.08 Å². The Morgan fingerprint density at radius 1 is 1.04 bits per heavy atom. The van der Waals surface area contributed by atoms with E-state index in [4.69, 9.17) is 9.47 Å². The molecule has 2 rings (SSSR count). The summed E-state index contributed by atoms with van der Waals surface area (Å²) in [6.07, 6.45) is 2.87. The third-order valence-corrected chi connectivity index (χ3v) is 3.18. The number of methoxy groups -OCH3 is 2. The summed E-state index contributed by atoms with van der Waals surface area (Å²) >= 11 is 0. The van der Waals surface area contributed by atoms with Crippen LogP contribution in [0.25, 0.3) is 6.08 Å². The Kier molecular flexibility index (Phi) is 5.89. The fourth-order valence-corrected chi connectivity index (χ4v) is 1.93. The van der Waals surface area contributed by atoms with Crippen LogP contribution in [-0.2, 0) is 16.1 Å². The van der Waals surface area contributed by atoms with Gasteiger partial charge in [0.1, 0.15) is 6.61 Å². The molecule has 0 spiro atoms. The van der Waals surface area contributed by atoms with E-state index in [9.17, 15) is 13.6 Å². The number of halogens is 2. The number of carbonyl (C=O) groups excluding carboxylic acids is 1. The van der Waals surface area contributed by atoms with E-state index in [1.54, 1.807) is 24.3 Å². The van der Waals surface area contributed by atoms with Gasteiger partial charge in [-0.2, -0.15) is 0 Å². The van der Waals surface area contributed by atoms with Crippen LogP contribution in [0.5, 0.6) is 11.5 Å². The first-order valence-electron chi connectivity index (χ1n) is 7.04. The van der Waals surface area contributed by atoms with E-state index in [0.717, 1.165) is 17.7 Å². The summed E-state index contributed by atoms with van der Waals surface area (Å²) < 4.78 is 41.4. The second-order valence-corrected chi connectivity index (χ2v) is 4.80. The Labute approximate surface area is 138 Å². The van der Waals surface area contributed by atoms with Crippen LogP contribution < -0.4 is 9.47 Å². The minimum atomic E-state index is -0.925. The maximum atomic E-state index is 13.2. The minimum Gasteiger partial charge on any atom is -0.493 e. The lowest BCUT2D eigenvalue weighted by Crippen LogP contribution is -1.99. The summed E-state index contributed by atoms with van der Waals surface area (Å²) in [6.45, 7) is 0.0604. The topological polar surface area (TPSA) is 44.8 Å². The van der Waals surface area contributed by atoms with Crippen molar-refractivity contribution in [2.45, 2.75) is 6.61 Å². The Morgan fingerprint density at radius 2 is 1.83 bits per heavy atom. The molecule has 0 unspecified atom stereocenters. The highest BCUT2D eigenvalue weighted by Gasteiger charge is 2.07. The molecule has 0 saturated heterocycles. The molecule has 0 aromatic heterocycles. The molecule has 0 heterocycles. The first-order chi connectivity index (χ1) is 11.5. The quantitative estimate of drug-likeness (QED) is 0.596. The van der Waals surface area contributed by atoms with Crippen molar-refractivity contribution in [2.24, 2.45) is 0 Å². The average Bonchev–Trinajstić information content (AvgIpc) is 2.60. The van der Waals surface area contributed by atoms with Crippen molar-refractivity contribution in [1.82, 2.24) is 0 Å². The molecule has 0 N–H and O–H groups in total. The number of rotatable bonds is 6. The van der Waals surface area contributed by atoms with Gasteiger partial charge in [-0.15, -0.1) is 0 Å². The zero-order valence-corrected chi connectivity index (χ0v) is 13.2. The third kappa shape index (κ3) is 4.55. The molecule has 0 aliphatic rings. The van der Waals surface area contributed by atoms with Crippen molar-refractivity contribution in [2.75, 3.05) is 14.2 Å². The molecule has 4 nitrogen and oxygen atoms in total. The first-order valence-corrected chi connectivity index (χ1v) is 7.04. The summed E-state index contributed by atoms with van der Waals surface area (Å²) in [5.41, 5.74) is 1.21. The molecule has 0 radical (unpaired) electrons. The summed E-state index contributed by atoms with van der Waals surface area (Å²) in [5, 5.41) is 0. The van der Waals surface area contributed by atoms with Crippen LogP contribution >= 0.6 is 0 Å². The first kappa shape index (κ1) is 17.5. The van der Waals surface area contributed by atoms with Crippen LogP contribution in [0.3, 0.4) is 0 Å². The molecule has 0 aliphatic carbocycles. The van der Waals surface area contributed by atoms with Gasteiger partial charge in [-0.3, -0.25) is 0 Å². The number of ether oxygens (including phenoxy) is 3. The predicted molar refractivity (Wildman–Crippen MR) is 84.7 cm³/mol. The average molecular weight is 334 g/mol. The van der Waals surface area contributed by atoms with E-state index in [1.807, 2.05) is 0 Å². The van der Waals surface area contributed by atoms with Gasteiger partial charge in [0.05, 0.1) is 14.2 Å². The number of benzene rings is 2. The number of hydrogen-bond acceptors (Lipinski definition) is 4. The minimum absolute atomic E-state index is 0.0604. The monoisotopic (exact) mass is 334 g/mol. The van der Waals surface area contributed by atoms with E-state index in [1.165, 1.54) is 26.4 Å². The molecule has 0 fully saturated rings. The van der Waals surface area contributed by atoms with Gasteiger partial charge in [0.15, 0.2) is 23.1 Å². The highest BCUT2D eigenvalue weighted by molar-refractivity contribution is 5.87. The summed E-state index contributed by atoms with van der Waals surface area (Å²) in [5.74, 6) is -1.40. The molecule has 24 heavy (non-hydrogen) atoms. The second-order valence-electron chi connectivity index (χ2n) is 4.80. The molecule has 0 amide bonds. The molecular formula is C18H16F2O4. The SMILES string of the molecule is COC(=O)/C=C/c1ccc(OCc2ccc(F)c(F)c2)c(OC)c1. The number of carbonyl (C=O) groups is 1. The molecule has 2 aromatic rings. The smallest absolute Gasteiger partial charge is 0.330 e.